The molecule has 0 saturated heterocycles. The van der Waals surface area contributed by atoms with E-state index in [1.807, 2.05) is 30.3 Å². The van der Waals surface area contributed by atoms with Crippen LogP contribution in [0.15, 0.2) is 54.6 Å². The highest BCUT2D eigenvalue weighted by molar-refractivity contribution is 6.30. The highest BCUT2D eigenvalue weighted by Crippen LogP contribution is 2.17. The zero-order valence-electron chi connectivity index (χ0n) is 10.9. The van der Waals surface area contributed by atoms with E-state index in [0.717, 1.165) is 5.56 Å². The van der Waals surface area contributed by atoms with Crippen molar-refractivity contribution in [3.63, 3.8) is 0 Å². The summed E-state index contributed by atoms with van der Waals surface area (Å²) in [6, 6.07) is 17.7. The SMILES string of the molecule is C[C@@H](NC[C@H](O)c1ccc(Cl)cc1)c1ccccc1. The lowest BCUT2D eigenvalue weighted by molar-refractivity contribution is 0.171. The van der Waals surface area contributed by atoms with Crippen molar-refractivity contribution in [2.45, 2.75) is 19.1 Å². The van der Waals surface area contributed by atoms with Gasteiger partial charge in [0.25, 0.3) is 0 Å². The number of rotatable bonds is 5. The standard InChI is InChI=1S/C16H18ClNO/c1-12(13-5-3-2-4-6-13)18-11-16(19)14-7-9-15(17)10-8-14/h2-10,12,16,18-19H,11H2,1H3/t12-,16+/m1/s1. The maximum absolute atomic E-state index is 10.1. The van der Waals surface area contributed by atoms with Gasteiger partial charge in [0, 0.05) is 17.6 Å². The summed E-state index contributed by atoms with van der Waals surface area (Å²) in [5.41, 5.74) is 2.09. The van der Waals surface area contributed by atoms with E-state index in [-0.39, 0.29) is 6.04 Å². The van der Waals surface area contributed by atoms with Crippen LogP contribution in [0.2, 0.25) is 5.02 Å². The third kappa shape index (κ3) is 4.06. The average Bonchev–Trinajstić information content (AvgIpc) is 2.46. The number of halogens is 1. The van der Waals surface area contributed by atoms with E-state index in [2.05, 4.69) is 24.4 Å². The molecule has 0 aliphatic rings. The van der Waals surface area contributed by atoms with Gasteiger partial charge in [-0.3, -0.25) is 0 Å². The fourth-order valence-electron chi connectivity index (χ4n) is 1.95. The Bertz CT molecular complexity index is 498. The number of hydrogen-bond acceptors (Lipinski definition) is 2. The Hall–Kier alpha value is -1.35. The lowest BCUT2D eigenvalue weighted by atomic mass is 10.1. The molecule has 2 nitrogen and oxygen atoms in total. The van der Waals surface area contributed by atoms with E-state index in [4.69, 9.17) is 11.6 Å². The normalized spacial score (nSPS) is 14.1. The summed E-state index contributed by atoms with van der Waals surface area (Å²) >= 11 is 5.83. The third-order valence-corrected chi connectivity index (χ3v) is 3.42. The van der Waals surface area contributed by atoms with Crippen molar-refractivity contribution in [3.05, 3.63) is 70.7 Å². The van der Waals surface area contributed by atoms with Gasteiger partial charge < -0.3 is 10.4 Å². The zero-order chi connectivity index (χ0) is 13.7. The van der Waals surface area contributed by atoms with Crippen LogP contribution in [0.1, 0.15) is 30.2 Å². The largest absolute Gasteiger partial charge is 0.387 e. The van der Waals surface area contributed by atoms with Crippen molar-refractivity contribution in [1.29, 1.82) is 0 Å². The summed E-state index contributed by atoms with van der Waals surface area (Å²) in [5, 5.41) is 14.1. The van der Waals surface area contributed by atoms with Crippen molar-refractivity contribution in [1.82, 2.24) is 5.32 Å². The van der Waals surface area contributed by atoms with Gasteiger partial charge in [-0.05, 0) is 30.2 Å². The van der Waals surface area contributed by atoms with Gasteiger partial charge >= 0.3 is 0 Å². The van der Waals surface area contributed by atoms with E-state index in [1.54, 1.807) is 12.1 Å². The fourth-order valence-corrected chi connectivity index (χ4v) is 2.08. The second-order valence-corrected chi connectivity index (χ2v) is 5.04. The highest BCUT2D eigenvalue weighted by Gasteiger charge is 2.10. The Labute approximate surface area is 119 Å². The molecule has 0 aromatic heterocycles. The molecule has 2 aromatic rings. The van der Waals surface area contributed by atoms with Gasteiger partial charge in [0.2, 0.25) is 0 Å². The Morgan fingerprint density at radius 1 is 1.00 bits per heavy atom. The second kappa shape index (κ2) is 6.71. The Balaban J connectivity index is 1.90. The molecule has 100 valence electrons. The number of aliphatic hydroxyl groups excluding tert-OH is 1. The molecule has 0 radical (unpaired) electrons. The van der Waals surface area contributed by atoms with Crippen LogP contribution < -0.4 is 5.32 Å². The van der Waals surface area contributed by atoms with Gasteiger partial charge in [-0.15, -0.1) is 0 Å². The summed E-state index contributed by atoms with van der Waals surface area (Å²) in [6.07, 6.45) is -0.525. The maximum Gasteiger partial charge on any atom is 0.0914 e. The van der Waals surface area contributed by atoms with Gasteiger partial charge in [0.15, 0.2) is 0 Å². The molecule has 0 unspecified atom stereocenters. The van der Waals surface area contributed by atoms with Gasteiger partial charge in [0.1, 0.15) is 0 Å². The highest BCUT2D eigenvalue weighted by atomic mass is 35.5. The number of benzene rings is 2. The Kier molecular flexibility index (Phi) is 4.97. The summed E-state index contributed by atoms with van der Waals surface area (Å²) in [6.45, 7) is 2.60. The van der Waals surface area contributed by atoms with Crippen LogP contribution in [0.3, 0.4) is 0 Å². The lowest BCUT2D eigenvalue weighted by Gasteiger charge is -2.17. The maximum atomic E-state index is 10.1. The molecule has 0 saturated carbocycles. The first kappa shape index (κ1) is 14.1. The van der Waals surface area contributed by atoms with E-state index >= 15 is 0 Å². The summed E-state index contributed by atoms with van der Waals surface area (Å²) in [7, 11) is 0. The molecule has 2 aromatic carbocycles. The average molecular weight is 276 g/mol. The van der Waals surface area contributed by atoms with E-state index in [0.29, 0.717) is 11.6 Å². The van der Waals surface area contributed by atoms with Crippen LogP contribution in [-0.2, 0) is 0 Å². The number of aliphatic hydroxyl groups is 1. The molecule has 3 heteroatoms. The molecule has 0 amide bonds. The smallest absolute Gasteiger partial charge is 0.0914 e. The quantitative estimate of drug-likeness (QED) is 0.872. The molecule has 0 spiro atoms. The molecule has 19 heavy (non-hydrogen) atoms. The van der Waals surface area contributed by atoms with E-state index in [1.165, 1.54) is 5.56 Å². The zero-order valence-corrected chi connectivity index (χ0v) is 11.6. The lowest BCUT2D eigenvalue weighted by Crippen LogP contribution is -2.24. The van der Waals surface area contributed by atoms with E-state index in [9.17, 15) is 5.11 Å². The Morgan fingerprint density at radius 2 is 1.63 bits per heavy atom. The molecule has 0 aliphatic carbocycles. The summed E-state index contributed by atoms with van der Waals surface area (Å²) < 4.78 is 0. The minimum Gasteiger partial charge on any atom is -0.387 e. The number of hydrogen-bond donors (Lipinski definition) is 2. The first-order chi connectivity index (χ1) is 9.16. The summed E-state index contributed by atoms with van der Waals surface area (Å²) in [5.74, 6) is 0. The van der Waals surface area contributed by atoms with Crippen LogP contribution in [0.25, 0.3) is 0 Å². The van der Waals surface area contributed by atoms with Crippen molar-refractivity contribution >= 4 is 11.6 Å². The van der Waals surface area contributed by atoms with Crippen LogP contribution in [0.5, 0.6) is 0 Å². The molecule has 0 bridgehead atoms. The van der Waals surface area contributed by atoms with Crippen LogP contribution >= 0.6 is 11.6 Å². The number of nitrogens with one attached hydrogen (secondary N) is 1. The van der Waals surface area contributed by atoms with Crippen LogP contribution in [0, 0.1) is 0 Å². The molecular formula is C16H18ClNO. The minimum atomic E-state index is -0.525. The summed E-state index contributed by atoms with van der Waals surface area (Å²) in [4.78, 5) is 0. The minimum absolute atomic E-state index is 0.211. The van der Waals surface area contributed by atoms with Crippen molar-refractivity contribution in [3.8, 4) is 0 Å². The van der Waals surface area contributed by atoms with Gasteiger partial charge in [-0.1, -0.05) is 54.1 Å². The van der Waals surface area contributed by atoms with Gasteiger partial charge in [-0.2, -0.15) is 0 Å². The molecule has 0 aliphatic heterocycles. The van der Waals surface area contributed by atoms with Crippen molar-refractivity contribution in [2.24, 2.45) is 0 Å². The molecular weight excluding hydrogens is 258 g/mol. The topological polar surface area (TPSA) is 32.3 Å². The van der Waals surface area contributed by atoms with Gasteiger partial charge in [0.05, 0.1) is 6.10 Å². The molecule has 2 rings (SSSR count). The third-order valence-electron chi connectivity index (χ3n) is 3.17. The van der Waals surface area contributed by atoms with Crippen LogP contribution in [-0.4, -0.2) is 11.7 Å². The van der Waals surface area contributed by atoms with Crippen LogP contribution in [0.4, 0.5) is 0 Å². The first-order valence-electron chi connectivity index (χ1n) is 6.38. The first-order valence-corrected chi connectivity index (χ1v) is 6.76. The predicted octanol–water partition coefficient (Wildman–Crippen LogP) is 3.72. The molecule has 0 heterocycles. The second-order valence-electron chi connectivity index (χ2n) is 4.61. The van der Waals surface area contributed by atoms with Gasteiger partial charge in [-0.25, -0.2) is 0 Å². The van der Waals surface area contributed by atoms with Crippen molar-refractivity contribution in [2.75, 3.05) is 6.54 Å². The predicted molar refractivity (Wildman–Crippen MR) is 79.3 cm³/mol. The Morgan fingerprint density at radius 3 is 2.26 bits per heavy atom. The molecule has 2 N–H and O–H groups in total. The van der Waals surface area contributed by atoms with Crippen molar-refractivity contribution < 1.29 is 5.11 Å². The fraction of sp³-hybridized carbons (Fsp3) is 0.250. The van der Waals surface area contributed by atoms with E-state index < -0.39 is 6.10 Å². The monoisotopic (exact) mass is 275 g/mol. The molecule has 2 atom stereocenters. The molecule has 0 fully saturated rings.